The number of rotatable bonds is 6. The SMILES string of the molecule is CCc1ccccc1N1CC(c2nc3ccccc3n2CC(=O)c2ccccc2)CC1=O. The predicted octanol–water partition coefficient (Wildman–Crippen LogP) is 5.00. The molecule has 3 aromatic carbocycles. The summed E-state index contributed by atoms with van der Waals surface area (Å²) in [4.78, 5) is 32.8. The molecule has 160 valence electrons. The van der Waals surface area contributed by atoms with Crippen molar-refractivity contribution in [2.75, 3.05) is 11.4 Å². The molecule has 0 bridgehead atoms. The van der Waals surface area contributed by atoms with Crippen LogP contribution in [0.25, 0.3) is 11.0 Å². The van der Waals surface area contributed by atoms with Gasteiger partial charge in [0.25, 0.3) is 0 Å². The van der Waals surface area contributed by atoms with E-state index < -0.39 is 0 Å². The third-order valence-electron chi connectivity index (χ3n) is 6.24. The van der Waals surface area contributed by atoms with Gasteiger partial charge < -0.3 is 9.47 Å². The van der Waals surface area contributed by atoms with Gasteiger partial charge in [0.15, 0.2) is 5.78 Å². The summed E-state index contributed by atoms with van der Waals surface area (Å²) in [5.41, 5.74) is 4.59. The van der Waals surface area contributed by atoms with E-state index in [4.69, 9.17) is 4.98 Å². The number of Topliss-reactive ketones (excluding diaryl/α,β-unsaturated/α-hetero) is 1. The molecular formula is C27H25N3O2. The zero-order valence-electron chi connectivity index (χ0n) is 18.1. The number of fused-ring (bicyclic) bond motifs is 1. The highest BCUT2D eigenvalue weighted by Gasteiger charge is 2.35. The Kier molecular flexibility index (Phi) is 5.31. The number of hydrogen-bond acceptors (Lipinski definition) is 3. The van der Waals surface area contributed by atoms with Crippen LogP contribution in [0.2, 0.25) is 0 Å². The van der Waals surface area contributed by atoms with E-state index in [1.165, 1.54) is 0 Å². The Morgan fingerprint density at radius 3 is 2.50 bits per heavy atom. The number of anilines is 1. The Morgan fingerprint density at radius 2 is 1.69 bits per heavy atom. The second kappa shape index (κ2) is 8.42. The Hall–Kier alpha value is -3.73. The van der Waals surface area contributed by atoms with E-state index in [0.29, 0.717) is 18.5 Å². The van der Waals surface area contributed by atoms with Crippen LogP contribution < -0.4 is 4.90 Å². The highest BCUT2D eigenvalue weighted by atomic mass is 16.2. The van der Waals surface area contributed by atoms with E-state index in [1.807, 2.05) is 82.3 Å². The van der Waals surface area contributed by atoms with Crippen LogP contribution in [0.5, 0.6) is 0 Å². The van der Waals surface area contributed by atoms with Gasteiger partial charge in [-0.3, -0.25) is 9.59 Å². The summed E-state index contributed by atoms with van der Waals surface area (Å²) in [7, 11) is 0. The maximum absolute atomic E-state index is 13.0. The summed E-state index contributed by atoms with van der Waals surface area (Å²) in [6, 6.07) is 25.3. The number of hydrogen-bond donors (Lipinski definition) is 0. The van der Waals surface area contributed by atoms with Crippen molar-refractivity contribution in [3.05, 3.63) is 95.8 Å². The summed E-state index contributed by atoms with van der Waals surface area (Å²) in [6.07, 6.45) is 1.26. The lowest BCUT2D eigenvalue weighted by molar-refractivity contribution is -0.117. The monoisotopic (exact) mass is 423 g/mol. The molecule has 0 aliphatic carbocycles. The van der Waals surface area contributed by atoms with Crippen molar-refractivity contribution in [1.82, 2.24) is 9.55 Å². The molecule has 1 aliphatic rings. The van der Waals surface area contributed by atoms with E-state index in [2.05, 4.69) is 13.0 Å². The summed E-state index contributed by atoms with van der Waals surface area (Å²) < 4.78 is 2.00. The first-order chi connectivity index (χ1) is 15.7. The normalized spacial score (nSPS) is 16.1. The van der Waals surface area contributed by atoms with Crippen molar-refractivity contribution >= 4 is 28.4 Å². The van der Waals surface area contributed by atoms with E-state index >= 15 is 0 Å². The lowest BCUT2D eigenvalue weighted by atomic mass is 10.1. The Morgan fingerprint density at radius 1 is 0.969 bits per heavy atom. The lowest BCUT2D eigenvalue weighted by Gasteiger charge is -2.20. The molecular weight excluding hydrogens is 398 g/mol. The second-order valence-electron chi connectivity index (χ2n) is 8.22. The first-order valence-corrected chi connectivity index (χ1v) is 11.1. The van der Waals surface area contributed by atoms with Crippen molar-refractivity contribution in [3.8, 4) is 0 Å². The van der Waals surface area contributed by atoms with Crippen molar-refractivity contribution in [3.63, 3.8) is 0 Å². The van der Waals surface area contributed by atoms with Crippen molar-refractivity contribution in [2.24, 2.45) is 0 Å². The topological polar surface area (TPSA) is 55.2 Å². The van der Waals surface area contributed by atoms with Crippen LogP contribution in [-0.2, 0) is 17.8 Å². The average molecular weight is 424 g/mol. The van der Waals surface area contributed by atoms with Gasteiger partial charge in [-0.2, -0.15) is 0 Å². The molecule has 1 amide bonds. The maximum atomic E-state index is 13.0. The molecule has 1 unspecified atom stereocenters. The number of ketones is 1. The first-order valence-electron chi connectivity index (χ1n) is 11.1. The van der Waals surface area contributed by atoms with Crippen molar-refractivity contribution in [1.29, 1.82) is 0 Å². The third-order valence-corrected chi connectivity index (χ3v) is 6.24. The summed E-state index contributed by atoms with van der Waals surface area (Å²) in [5, 5.41) is 0. The minimum Gasteiger partial charge on any atom is -0.320 e. The molecule has 4 aromatic rings. The fourth-order valence-electron chi connectivity index (χ4n) is 4.62. The van der Waals surface area contributed by atoms with Gasteiger partial charge in [-0.05, 0) is 30.2 Å². The van der Waals surface area contributed by atoms with Crippen LogP contribution in [0.15, 0.2) is 78.9 Å². The Bertz CT molecular complexity index is 1290. The zero-order chi connectivity index (χ0) is 22.1. The van der Waals surface area contributed by atoms with Crippen LogP contribution in [0.3, 0.4) is 0 Å². The molecule has 5 nitrogen and oxygen atoms in total. The van der Waals surface area contributed by atoms with Gasteiger partial charge in [-0.15, -0.1) is 0 Å². The summed E-state index contributed by atoms with van der Waals surface area (Å²) in [6.45, 7) is 2.88. The molecule has 32 heavy (non-hydrogen) atoms. The van der Waals surface area contributed by atoms with Crippen LogP contribution in [-0.4, -0.2) is 27.8 Å². The van der Waals surface area contributed by atoms with Crippen molar-refractivity contribution in [2.45, 2.75) is 32.2 Å². The smallest absolute Gasteiger partial charge is 0.227 e. The van der Waals surface area contributed by atoms with Gasteiger partial charge in [-0.1, -0.05) is 67.6 Å². The minimum atomic E-state index is -0.0663. The molecule has 1 aromatic heterocycles. The van der Waals surface area contributed by atoms with Gasteiger partial charge in [0.05, 0.1) is 17.6 Å². The van der Waals surface area contributed by atoms with Gasteiger partial charge in [0.2, 0.25) is 5.91 Å². The lowest BCUT2D eigenvalue weighted by Crippen LogP contribution is -2.25. The predicted molar refractivity (Wildman–Crippen MR) is 126 cm³/mol. The standard InChI is InChI=1S/C27H25N3O2/c1-2-19-10-6-8-14-23(19)29-17-21(16-26(29)32)27-28-22-13-7-9-15-24(22)30(27)18-25(31)20-11-4-3-5-12-20/h3-15,21H,2,16-18H2,1H3. The number of imidazole rings is 1. The van der Waals surface area contributed by atoms with Crippen LogP contribution in [0, 0.1) is 0 Å². The summed E-state index contributed by atoms with van der Waals surface area (Å²) in [5.74, 6) is 0.875. The molecule has 0 N–H and O–H groups in total. The quantitative estimate of drug-likeness (QED) is 0.410. The number of carbonyl (C=O) groups is 2. The van der Waals surface area contributed by atoms with E-state index in [9.17, 15) is 9.59 Å². The third kappa shape index (κ3) is 3.60. The number of carbonyl (C=O) groups excluding carboxylic acids is 2. The Labute approximate surface area is 187 Å². The van der Waals surface area contributed by atoms with Gasteiger partial charge in [0.1, 0.15) is 5.82 Å². The summed E-state index contributed by atoms with van der Waals surface area (Å²) >= 11 is 0. The Balaban J connectivity index is 1.51. The molecule has 5 rings (SSSR count). The molecule has 5 heteroatoms. The molecule has 2 heterocycles. The molecule has 0 radical (unpaired) electrons. The van der Waals surface area contributed by atoms with Gasteiger partial charge in [-0.25, -0.2) is 4.98 Å². The number of amides is 1. The minimum absolute atomic E-state index is 0.0347. The van der Waals surface area contributed by atoms with Crippen LogP contribution >= 0.6 is 0 Å². The van der Waals surface area contributed by atoms with E-state index in [-0.39, 0.29) is 24.2 Å². The fraction of sp³-hybridized carbons (Fsp3) is 0.222. The molecule has 1 aliphatic heterocycles. The van der Waals surface area contributed by atoms with Crippen LogP contribution in [0.4, 0.5) is 5.69 Å². The van der Waals surface area contributed by atoms with Gasteiger partial charge in [0, 0.05) is 30.1 Å². The van der Waals surface area contributed by atoms with Crippen LogP contribution in [0.1, 0.15) is 41.0 Å². The molecule has 1 fully saturated rings. The average Bonchev–Trinajstić information content (AvgIpc) is 3.40. The largest absolute Gasteiger partial charge is 0.320 e. The number of nitrogens with zero attached hydrogens (tertiary/aromatic N) is 3. The number of benzene rings is 3. The molecule has 1 saturated heterocycles. The van der Waals surface area contributed by atoms with E-state index in [1.54, 1.807) is 0 Å². The number of aryl methyl sites for hydroxylation is 1. The maximum Gasteiger partial charge on any atom is 0.227 e. The fourth-order valence-corrected chi connectivity index (χ4v) is 4.62. The van der Waals surface area contributed by atoms with Gasteiger partial charge >= 0.3 is 0 Å². The highest BCUT2D eigenvalue weighted by Crippen LogP contribution is 2.34. The molecule has 1 atom stereocenters. The molecule has 0 saturated carbocycles. The highest BCUT2D eigenvalue weighted by molar-refractivity contribution is 5.98. The van der Waals surface area contributed by atoms with Crippen molar-refractivity contribution < 1.29 is 9.59 Å². The molecule has 0 spiro atoms. The zero-order valence-corrected chi connectivity index (χ0v) is 18.1. The first kappa shape index (κ1) is 20.2. The second-order valence-corrected chi connectivity index (χ2v) is 8.22. The number of para-hydroxylation sites is 3. The number of aromatic nitrogens is 2. The van der Waals surface area contributed by atoms with E-state index in [0.717, 1.165) is 34.5 Å².